The highest BCUT2D eigenvalue weighted by atomic mass is 32.2. The lowest BCUT2D eigenvalue weighted by molar-refractivity contribution is 0.0665. The molecule has 1 aromatic heterocycles. The SMILES string of the molecule is O=[S@](O[C@]1(C2=NCCN2)[C@H](c2cccnc2)C(S(=O)(=O)c2ccccc2)=C2NCCN2[C@H]1[S@](=O)Oc1ccccc1)c1ccccc1. The lowest BCUT2D eigenvalue weighted by atomic mass is 9.78. The summed E-state index contributed by atoms with van der Waals surface area (Å²) in [5.41, 5.74) is -1.52. The maximum atomic E-state index is 14.9. The number of rotatable bonds is 10. The van der Waals surface area contributed by atoms with Crippen molar-refractivity contribution in [3.8, 4) is 5.75 Å². The van der Waals surface area contributed by atoms with Gasteiger partial charge in [0.2, 0.25) is 20.9 Å². The van der Waals surface area contributed by atoms with Gasteiger partial charge in [0.25, 0.3) is 0 Å². The van der Waals surface area contributed by atoms with Crippen LogP contribution < -0.4 is 14.8 Å². The number of nitrogens with one attached hydrogen (secondary N) is 2. The number of aliphatic imine (C=N–C) groups is 1. The lowest BCUT2D eigenvalue weighted by Crippen LogP contribution is -2.69. The molecular formula is C33H31N5O6S3. The number of amidine groups is 1. The summed E-state index contributed by atoms with van der Waals surface area (Å²) in [5.74, 6) is -0.412. The molecule has 3 aliphatic heterocycles. The second kappa shape index (κ2) is 13.0. The van der Waals surface area contributed by atoms with Crippen molar-refractivity contribution in [3.63, 3.8) is 0 Å². The number of sulfone groups is 1. The number of fused-ring (bicyclic) bond motifs is 1. The largest absolute Gasteiger partial charge is 0.399 e. The van der Waals surface area contributed by atoms with E-state index >= 15 is 0 Å². The third kappa shape index (κ3) is 5.64. The zero-order valence-electron chi connectivity index (χ0n) is 25.0. The van der Waals surface area contributed by atoms with Gasteiger partial charge in [-0.05, 0) is 48.0 Å². The van der Waals surface area contributed by atoms with Gasteiger partial charge in [0, 0.05) is 32.0 Å². The number of hydrogen-bond donors (Lipinski definition) is 2. The molecule has 5 atom stereocenters. The quantitative estimate of drug-likeness (QED) is 0.255. The molecule has 14 heteroatoms. The number of hydrogen-bond acceptors (Lipinski definition) is 11. The van der Waals surface area contributed by atoms with Gasteiger partial charge in [-0.25, -0.2) is 16.8 Å². The molecule has 0 spiro atoms. The Balaban J connectivity index is 1.55. The third-order valence-corrected chi connectivity index (χ3v) is 12.5. The van der Waals surface area contributed by atoms with Crippen molar-refractivity contribution in [2.24, 2.45) is 4.99 Å². The molecule has 0 bridgehead atoms. The highest BCUT2D eigenvalue weighted by Gasteiger charge is 2.66. The minimum Gasteiger partial charge on any atom is -0.399 e. The molecule has 0 saturated carbocycles. The summed E-state index contributed by atoms with van der Waals surface area (Å²) in [4.78, 5) is 11.2. The van der Waals surface area contributed by atoms with E-state index in [2.05, 4.69) is 15.6 Å². The molecule has 3 aromatic carbocycles. The average molecular weight is 690 g/mol. The molecule has 0 aliphatic carbocycles. The van der Waals surface area contributed by atoms with Gasteiger partial charge in [-0.2, -0.15) is 0 Å². The first kappa shape index (κ1) is 31.2. The Labute approximate surface area is 278 Å². The summed E-state index contributed by atoms with van der Waals surface area (Å²) in [5, 5.41) is 5.32. The Kier molecular flexibility index (Phi) is 8.66. The Morgan fingerprint density at radius 2 is 1.55 bits per heavy atom. The molecule has 4 heterocycles. The minimum atomic E-state index is -4.28. The summed E-state index contributed by atoms with van der Waals surface area (Å²) >= 11 is -4.41. The Hall–Kier alpha value is -4.37. The highest BCUT2D eigenvalue weighted by Crippen LogP contribution is 2.53. The molecule has 0 radical (unpaired) electrons. The molecule has 7 rings (SSSR count). The molecule has 242 valence electrons. The standard InChI is InChI=1S/C33H31N5O6S3/c39-45(26-14-6-2-7-15-26)44-33(31-36-19-20-37-31)28(24-11-10-18-34-23-24)29(47(41,42)27-16-8-3-9-17-27)30-35-21-22-38(30)32(33)46(40)43-25-12-4-1-5-13-25/h1-18,23,28,32,35H,19-22H2,(H,36,37)/t28-,32+,33+,45-,46-/m1/s1. The van der Waals surface area contributed by atoms with Crippen LogP contribution in [0, 0.1) is 0 Å². The molecule has 0 amide bonds. The van der Waals surface area contributed by atoms with Crippen molar-refractivity contribution in [2.45, 2.75) is 26.7 Å². The lowest BCUT2D eigenvalue weighted by Gasteiger charge is -2.51. The predicted octanol–water partition coefficient (Wildman–Crippen LogP) is 3.28. The first-order chi connectivity index (χ1) is 22.9. The Morgan fingerprint density at radius 3 is 2.21 bits per heavy atom. The Morgan fingerprint density at radius 1 is 0.851 bits per heavy atom. The van der Waals surface area contributed by atoms with Crippen LogP contribution in [0.4, 0.5) is 0 Å². The van der Waals surface area contributed by atoms with Crippen molar-refractivity contribution in [3.05, 3.63) is 132 Å². The first-order valence-electron chi connectivity index (χ1n) is 14.9. The van der Waals surface area contributed by atoms with E-state index in [1.54, 1.807) is 102 Å². The van der Waals surface area contributed by atoms with E-state index in [-0.39, 0.29) is 28.0 Å². The molecular weight excluding hydrogens is 659 g/mol. The zero-order valence-corrected chi connectivity index (χ0v) is 27.4. The number of benzene rings is 3. The highest BCUT2D eigenvalue weighted by molar-refractivity contribution is 7.95. The van der Waals surface area contributed by atoms with Crippen LogP contribution in [0.25, 0.3) is 0 Å². The van der Waals surface area contributed by atoms with E-state index in [1.165, 1.54) is 12.1 Å². The fourth-order valence-corrected chi connectivity index (χ4v) is 10.5. The summed E-state index contributed by atoms with van der Waals surface area (Å²) in [6.07, 6.45) is 3.13. The van der Waals surface area contributed by atoms with Crippen LogP contribution in [-0.4, -0.2) is 69.7 Å². The number of para-hydroxylation sites is 1. The van der Waals surface area contributed by atoms with Crippen LogP contribution in [0.3, 0.4) is 0 Å². The monoisotopic (exact) mass is 689 g/mol. The molecule has 1 saturated heterocycles. The van der Waals surface area contributed by atoms with E-state index < -0.39 is 48.9 Å². The van der Waals surface area contributed by atoms with Gasteiger partial charge in [0.05, 0.1) is 22.3 Å². The van der Waals surface area contributed by atoms with Crippen LogP contribution in [0.5, 0.6) is 5.75 Å². The van der Waals surface area contributed by atoms with Crippen molar-refractivity contribution < 1.29 is 25.2 Å². The molecule has 0 unspecified atom stereocenters. The van der Waals surface area contributed by atoms with Crippen LogP contribution in [0.2, 0.25) is 0 Å². The number of nitrogens with zero attached hydrogens (tertiary/aromatic N) is 3. The van der Waals surface area contributed by atoms with Gasteiger partial charge in [-0.15, -0.1) is 0 Å². The molecule has 4 aromatic rings. The fraction of sp³-hybridized carbons (Fsp3) is 0.212. The maximum Gasteiger partial charge on any atom is 0.233 e. The molecule has 3 aliphatic rings. The van der Waals surface area contributed by atoms with Crippen molar-refractivity contribution in [2.75, 3.05) is 26.2 Å². The van der Waals surface area contributed by atoms with E-state index in [4.69, 9.17) is 13.4 Å². The van der Waals surface area contributed by atoms with Crippen molar-refractivity contribution in [1.82, 2.24) is 20.5 Å². The minimum absolute atomic E-state index is 0.0383. The maximum absolute atomic E-state index is 14.9. The summed E-state index contributed by atoms with van der Waals surface area (Å²) in [6.45, 7) is 1.35. The molecule has 2 N–H and O–H groups in total. The molecule has 47 heavy (non-hydrogen) atoms. The van der Waals surface area contributed by atoms with Gasteiger partial charge < -0.3 is 19.7 Å². The number of pyridine rings is 1. The van der Waals surface area contributed by atoms with E-state index in [0.717, 1.165) is 0 Å². The van der Waals surface area contributed by atoms with Gasteiger partial charge in [-0.3, -0.25) is 14.2 Å². The van der Waals surface area contributed by atoms with Gasteiger partial charge >= 0.3 is 0 Å². The topological polar surface area (TPSA) is 139 Å². The normalized spacial score (nSPS) is 23.7. The van der Waals surface area contributed by atoms with Crippen molar-refractivity contribution >= 4 is 37.8 Å². The van der Waals surface area contributed by atoms with E-state index in [0.29, 0.717) is 35.8 Å². The van der Waals surface area contributed by atoms with Crippen LogP contribution >= 0.6 is 0 Å². The van der Waals surface area contributed by atoms with Crippen LogP contribution in [0.15, 0.2) is 141 Å². The molecule has 11 nitrogen and oxygen atoms in total. The molecule has 1 fully saturated rings. The summed E-state index contributed by atoms with van der Waals surface area (Å²) in [7, 11) is -4.28. The number of aromatic nitrogens is 1. The predicted molar refractivity (Wildman–Crippen MR) is 178 cm³/mol. The second-order valence-corrected chi connectivity index (χ2v) is 15.1. The van der Waals surface area contributed by atoms with E-state index in [9.17, 15) is 16.8 Å². The summed E-state index contributed by atoms with van der Waals surface area (Å²) < 4.78 is 71.8. The zero-order chi connectivity index (χ0) is 32.4. The van der Waals surface area contributed by atoms with E-state index in [1.807, 2.05) is 6.07 Å². The van der Waals surface area contributed by atoms with Crippen LogP contribution in [0.1, 0.15) is 11.5 Å². The van der Waals surface area contributed by atoms with Gasteiger partial charge in [-0.1, -0.05) is 60.7 Å². The van der Waals surface area contributed by atoms with Crippen LogP contribution in [-0.2, 0) is 36.2 Å². The van der Waals surface area contributed by atoms with Crippen molar-refractivity contribution in [1.29, 1.82) is 0 Å². The van der Waals surface area contributed by atoms with Gasteiger partial charge in [0.1, 0.15) is 22.3 Å². The average Bonchev–Trinajstić information content (AvgIpc) is 3.83. The Bertz CT molecular complexity index is 1970. The third-order valence-electron chi connectivity index (χ3n) is 8.16. The first-order valence-corrected chi connectivity index (χ1v) is 18.6. The summed E-state index contributed by atoms with van der Waals surface area (Å²) in [6, 6.07) is 28.8. The fourth-order valence-electron chi connectivity index (χ4n) is 6.24. The second-order valence-electron chi connectivity index (χ2n) is 11.0. The van der Waals surface area contributed by atoms with Gasteiger partial charge in [0.15, 0.2) is 22.1 Å². The smallest absolute Gasteiger partial charge is 0.233 e.